The van der Waals surface area contributed by atoms with Gasteiger partial charge in [0.2, 0.25) is 0 Å². The molecule has 0 radical (unpaired) electrons. The van der Waals surface area contributed by atoms with Gasteiger partial charge in [0.05, 0.1) is 0 Å². The second kappa shape index (κ2) is 7.21. The van der Waals surface area contributed by atoms with E-state index in [1.54, 1.807) is 7.11 Å². The fourth-order valence-electron chi connectivity index (χ4n) is 2.03. The smallest absolute Gasteiger partial charge is 0.0462 e. The molecular weight excluding hydrogens is 176 g/mol. The van der Waals surface area contributed by atoms with Crippen molar-refractivity contribution in [2.75, 3.05) is 39.9 Å². The first kappa shape index (κ1) is 12.0. The van der Waals surface area contributed by atoms with Gasteiger partial charge in [0.15, 0.2) is 0 Å². The van der Waals surface area contributed by atoms with Crippen molar-refractivity contribution in [1.29, 1.82) is 0 Å². The van der Waals surface area contributed by atoms with Crippen molar-refractivity contribution in [1.82, 2.24) is 4.90 Å². The Labute approximate surface area is 87.6 Å². The molecule has 1 fully saturated rings. The molecule has 0 aromatic rings. The minimum atomic E-state index is 0.783. The van der Waals surface area contributed by atoms with Crippen LogP contribution >= 0.6 is 0 Å². The predicted molar refractivity (Wildman–Crippen MR) is 59.3 cm³/mol. The zero-order valence-corrected chi connectivity index (χ0v) is 9.37. The van der Waals surface area contributed by atoms with E-state index in [-0.39, 0.29) is 0 Å². The van der Waals surface area contributed by atoms with Crippen molar-refractivity contribution in [3.63, 3.8) is 0 Å². The lowest BCUT2D eigenvalue weighted by molar-refractivity contribution is 0.164. The molecule has 14 heavy (non-hydrogen) atoms. The van der Waals surface area contributed by atoms with Crippen LogP contribution in [0.1, 0.15) is 25.7 Å². The van der Waals surface area contributed by atoms with Crippen LogP contribution in [0.2, 0.25) is 0 Å². The monoisotopic (exact) mass is 200 g/mol. The lowest BCUT2D eigenvalue weighted by Gasteiger charge is -2.31. The largest absolute Gasteiger partial charge is 0.385 e. The molecule has 3 nitrogen and oxygen atoms in total. The van der Waals surface area contributed by atoms with Crippen LogP contribution in [0.25, 0.3) is 0 Å². The van der Waals surface area contributed by atoms with E-state index in [9.17, 15) is 0 Å². The highest BCUT2D eigenvalue weighted by Crippen LogP contribution is 2.15. The number of rotatable bonds is 6. The van der Waals surface area contributed by atoms with E-state index >= 15 is 0 Å². The third-order valence-corrected chi connectivity index (χ3v) is 3.11. The van der Waals surface area contributed by atoms with Gasteiger partial charge in [0.1, 0.15) is 0 Å². The fourth-order valence-corrected chi connectivity index (χ4v) is 2.03. The van der Waals surface area contributed by atoms with E-state index in [0.29, 0.717) is 0 Å². The topological polar surface area (TPSA) is 38.5 Å². The summed E-state index contributed by atoms with van der Waals surface area (Å²) in [6.07, 6.45) is 5.04. The average Bonchev–Trinajstić information content (AvgIpc) is 2.25. The van der Waals surface area contributed by atoms with Gasteiger partial charge in [-0.15, -0.1) is 0 Å². The van der Waals surface area contributed by atoms with Gasteiger partial charge >= 0.3 is 0 Å². The summed E-state index contributed by atoms with van der Waals surface area (Å²) in [6, 6.07) is 0. The predicted octanol–water partition coefficient (Wildman–Crippen LogP) is 1.08. The van der Waals surface area contributed by atoms with Gasteiger partial charge in [-0.25, -0.2) is 0 Å². The second-order valence-corrected chi connectivity index (χ2v) is 4.22. The Kier molecular flexibility index (Phi) is 6.15. The highest BCUT2D eigenvalue weighted by atomic mass is 16.5. The Hall–Kier alpha value is -0.120. The summed E-state index contributed by atoms with van der Waals surface area (Å²) in [5.41, 5.74) is 5.65. The summed E-state index contributed by atoms with van der Waals surface area (Å²) >= 11 is 0. The molecule has 2 N–H and O–H groups in total. The maximum Gasteiger partial charge on any atom is 0.0462 e. The van der Waals surface area contributed by atoms with Crippen molar-refractivity contribution in [3.05, 3.63) is 0 Å². The Bertz CT molecular complexity index is 133. The zero-order chi connectivity index (χ0) is 10.2. The molecule has 1 saturated heterocycles. The molecule has 1 aliphatic rings. The molecular formula is C11H24N2O. The molecule has 0 aromatic carbocycles. The average molecular weight is 200 g/mol. The van der Waals surface area contributed by atoms with Crippen molar-refractivity contribution < 1.29 is 4.74 Å². The van der Waals surface area contributed by atoms with E-state index in [2.05, 4.69) is 4.90 Å². The van der Waals surface area contributed by atoms with Crippen LogP contribution in [0.15, 0.2) is 0 Å². The molecule has 0 atom stereocenters. The van der Waals surface area contributed by atoms with Gasteiger partial charge in [0, 0.05) is 13.7 Å². The first-order valence-electron chi connectivity index (χ1n) is 5.78. The molecule has 0 saturated carbocycles. The van der Waals surface area contributed by atoms with Gasteiger partial charge < -0.3 is 15.4 Å². The van der Waals surface area contributed by atoms with E-state index in [1.807, 2.05) is 0 Å². The Morgan fingerprint density at radius 1 is 1.29 bits per heavy atom. The standard InChI is InChI=1S/C11H24N2O/c1-14-9-3-2-6-13-7-4-11(10-12)5-8-13/h11H,2-10,12H2,1H3. The molecule has 0 aromatic heterocycles. The van der Waals surface area contributed by atoms with Crippen LogP contribution in [0.3, 0.4) is 0 Å². The molecule has 84 valence electrons. The van der Waals surface area contributed by atoms with Crippen LogP contribution in [-0.2, 0) is 4.74 Å². The zero-order valence-electron chi connectivity index (χ0n) is 9.37. The Morgan fingerprint density at radius 3 is 2.57 bits per heavy atom. The summed E-state index contributed by atoms with van der Waals surface area (Å²) in [6.45, 7) is 5.50. The van der Waals surface area contributed by atoms with E-state index < -0.39 is 0 Å². The molecule has 1 rings (SSSR count). The van der Waals surface area contributed by atoms with E-state index in [0.717, 1.165) is 19.1 Å². The second-order valence-electron chi connectivity index (χ2n) is 4.22. The third-order valence-electron chi connectivity index (χ3n) is 3.11. The Morgan fingerprint density at radius 2 is 2.00 bits per heavy atom. The summed E-state index contributed by atoms with van der Waals surface area (Å²) in [7, 11) is 1.77. The molecule has 1 heterocycles. The number of methoxy groups -OCH3 is 1. The number of hydrogen-bond acceptors (Lipinski definition) is 3. The van der Waals surface area contributed by atoms with Gasteiger partial charge in [0.25, 0.3) is 0 Å². The lowest BCUT2D eigenvalue weighted by atomic mass is 9.97. The van der Waals surface area contributed by atoms with Gasteiger partial charge in [-0.2, -0.15) is 0 Å². The van der Waals surface area contributed by atoms with Gasteiger partial charge in [-0.1, -0.05) is 0 Å². The molecule has 3 heteroatoms. The molecule has 0 aliphatic carbocycles. The summed E-state index contributed by atoms with van der Waals surface area (Å²) in [5.74, 6) is 0.783. The minimum Gasteiger partial charge on any atom is -0.385 e. The first-order chi connectivity index (χ1) is 6.86. The van der Waals surface area contributed by atoms with Gasteiger partial charge in [-0.05, 0) is 57.8 Å². The number of ether oxygens (including phenoxy) is 1. The third kappa shape index (κ3) is 4.40. The molecule has 0 bridgehead atoms. The number of nitrogens with two attached hydrogens (primary N) is 1. The fraction of sp³-hybridized carbons (Fsp3) is 1.00. The maximum absolute atomic E-state index is 5.65. The summed E-state index contributed by atoms with van der Waals surface area (Å²) in [5, 5.41) is 0. The first-order valence-corrected chi connectivity index (χ1v) is 5.78. The van der Waals surface area contributed by atoms with Crippen molar-refractivity contribution in [2.24, 2.45) is 11.7 Å². The van der Waals surface area contributed by atoms with Crippen LogP contribution in [-0.4, -0.2) is 44.8 Å². The highest BCUT2D eigenvalue weighted by molar-refractivity contribution is 4.72. The lowest BCUT2D eigenvalue weighted by Crippen LogP contribution is -2.36. The molecule has 1 aliphatic heterocycles. The number of likely N-dealkylation sites (tertiary alicyclic amines) is 1. The SMILES string of the molecule is COCCCCN1CCC(CN)CC1. The quantitative estimate of drug-likeness (QED) is 0.652. The van der Waals surface area contributed by atoms with Crippen LogP contribution < -0.4 is 5.73 Å². The minimum absolute atomic E-state index is 0.783. The summed E-state index contributed by atoms with van der Waals surface area (Å²) in [4.78, 5) is 2.56. The van der Waals surface area contributed by atoms with Crippen LogP contribution in [0, 0.1) is 5.92 Å². The number of hydrogen-bond donors (Lipinski definition) is 1. The summed E-state index contributed by atoms with van der Waals surface area (Å²) < 4.78 is 5.03. The number of unbranched alkanes of at least 4 members (excludes halogenated alkanes) is 1. The van der Waals surface area contributed by atoms with Crippen molar-refractivity contribution in [2.45, 2.75) is 25.7 Å². The molecule has 0 unspecified atom stereocenters. The van der Waals surface area contributed by atoms with Crippen molar-refractivity contribution in [3.8, 4) is 0 Å². The van der Waals surface area contributed by atoms with Crippen LogP contribution in [0.5, 0.6) is 0 Å². The molecule has 0 spiro atoms. The Balaban J connectivity index is 1.98. The van der Waals surface area contributed by atoms with E-state index in [1.165, 1.54) is 45.3 Å². The maximum atomic E-state index is 5.65. The highest BCUT2D eigenvalue weighted by Gasteiger charge is 2.16. The number of piperidine rings is 1. The van der Waals surface area contributed by atoms with Gasteiger partial charge in [-0.3, -0.25) is 0 Å². The van der Waals surface area contributed by atoms with Crippen molar-refractivity contribution >= 4 is 0 Å². The number of nitrogens with zero attached hydrogens (tertiary/aromatic N) is 1. The molecule has 0 amide bonds. The normalized spacial score (nSPS) is 20.1. The van der Waals surface area contributed by atoms with E-state index in [4.69, 9.17) is 10.5 Å². The van der Waals surface area contributed by atoms with Crippen LogP contribution in [0.4, 0.5) is 0 Å².